The highest BCUT2D eigenvalue weighted by Gasteiger charge is 2.48. The summed E-state index contributed by atoms with van der Waals surface area (Å²) < 4.78 is 4.41. The van der Waals surface area contributed by atoms with Crippen LogP contribution in [-0.2, 0) is 14.3 Å². The zero-order valence-corrected chi connectivity index (χ0v) is 6.30. The molecule has 1 rings (SSSR count). The van der Waals surface area contributed by atoms with E-state index in [1.54, 1.807) is 20.8 Å². The number of hydrogen-bond acceptors (Lipinski definition) is 3. The Balaban J connectivity index is 2.96. The van der Waals surface area contributed by atoms with E-state index in [9.17, 15) is 9.59 Å². The van der Waals surface area contributed by atoms with Crippen molar-refractivity contribution in [2.75, 3.05) is 0 Å². The molecule has 0 bridgehead atoms. The first-order valence-electron chi connectivity index (χ1n) is 3.22. The van der Waals surface area contributed by atoms with Gasteiger partial charge in [-0.3, -0.25) is 9.59 Å². The van der Waals surface area contributed by atoms with Crippen molar-refractivity contribution < 1.29 is 14.3 Å². The Kier molecular flexibility index (Phi) is 1.31. The molecule has 0 amide bonds. The van der Waals surface area contributed by atoms with Gasteiger partial charge in [-0.2, -0.15) is 0 Å². The number of esters is 2. The molecule has 56 valence electrons. The summed E-state index contributed by atoms with van der Waals surface area (Å²) in [7, 11) is 0. The lowest BCUT2D eigenvalue weighted by Gasteiger charge is -2.14. The van der Waals surface area contributed by atoms with E-state index in [1.165, 1.54) is 0 Å². The fourth-order valence-corrected chi connectivity index (χ4v) is 0.783. The molecule has 1 saturated heterocycles. The van der Waals surface area contributed by atoms with Gasteiger partial charge in [0.1, 0.15) is 0 Å². The second-order valence-corrected chi connectivity index (χ2v) is 3.15. The van der Waals surface area contributed by atoms with Gasteiger partial charge in [-0.25, -0.2) is 0 Å². The number of carbonyl (C=O) groups excluding carboxylic acids is 2. The molecule has 0 aromatic rings. The van der Waals surface area contributed by atoms with Gasteiger partial charge in [0.15, 0.2) is 0 Å². The van der Waals surface area contributed by atoms with Gasteiger partial charge in [0.25, 0.3) is 0 Å². The first-order valence-corrected chi connectivity index (χ1v) is 3.22. The van der Waals surface area contributed by atoms with Crippen LogP contribution in [0.1, 0.15) is 20.8 Å². The third-order valence-corrected chi connectivity index (χ3v) is 2.16. The van der Waals surface area contributed by atoms with Crippen LogP contribution in [0.3, 0.4) is 0 Å². The third kappa shape index (κ3) is 0.735. The van der Waals surface area contributed by atoms with Crippen LogP contribution in [-0.4, -0.2) is 11.9 Å². The lowest BCUT2D eigenvalue weighted by molar-refractivity contribution is -0.154. The SMILES string of the molecule is C[C@@H]1C(=O)OC(=O)C1(C)C. The van der Waals surface area contributed by atoms with Crippen LogP contribution in [0, 0.1) is 11.3 Å². The van der Waals surface area contributed by atoms with Crippen LogP contribution in [0.4, 0.5) is 0 Å². The Labute approximate surface area is 59.4 Å². The van der Waals surface area contributed by atoms with E-state index in [0.29, 0.717) is 0 Å². The summed E-state index contributed by atoms with van der Waals surface area (Å²) >= 11 is 0. The predicted molar refractivity (Wildman–Crippen MR) is 34.0 cm³/mol. The summed E-state index contributed by atoms with van der Waals surface area (Å²) in [5.41, 5.74) is -0.628. The number of cyclic esters (lactones) is 2. The summed E-state index contributed by atoms with van der Waals surface area (Å²) in [6.45, 7) is 5.13. The largest absolute Gasteiger partial charge is 0.392 e. The van der Waals surface area contributed by atoms with Crippen LogP contribution in [0.2, 0.25) is 0 Å². The van der Waals surface area contributed by atoms with Crippen molar-refractivity contribution >= 4 is 11.9 Å². The van der Waals surface area contributed by atoms with Gasteiger partial charge in [0, 0.05) is 0 Å². The average Bonchev–Trinajstić information content (AvgIpc) is 1.97. The Hall–Kier alpha value is -0.860. The van der Waals surface area contributed by atoms with Gasteiger partial charge in [0.2, 0.25) is 0 Å². The van der Waals surface area contributed by atoms with Crippen molar-refractivity contribution in [3.8, 4) is 0 Å². The van der Waals surface area contributed by atoms with Gasteiger partial charge >= 0.3 is 11.9 Å². The standard InChI is InChI=1S/C7H10O3/c1-4-5(8)10-6(9)7(4,2)3/h4H,1-3H3/t4-/m1/s1. The lowest BCUT2D eigenvalue weighted by Crippen LogP contribution is -2.24. The summed E-state index contributed by atoms with van der Waals surface area (Å²) in [6.07, 6.45) is 0. The molecular formula is C7H10O3. The summed E-state index contributed by atoms with van der Waals surface area (Å²) in [5.74, 6) is -1.13. The summed E-state index contributed by atoms with van der Waals surface area (Å²) in [4.78, 5) is 21.6. The van der Waals surface area contributed by atoms with Crippen molar-refractivity contribution in [2.24, 2.45) is 11.3 Å². The molecule has 0 aromatic heterocycles. The van der Waals surface area contributed by atoms with Gasteiger partial charge in [-0.15, -0.1) is 0 Å². The van der Waals surface area contributed by atoms with E-state index in [1.807, 2.05) is 0 Å². The molecule has 1 atom stereocenters. The zero-order chi connectivity index (χ0) is 7.94. The average molecular weight is 142 g/mol. The Morgan fingerprint density at radius 1 is 1.40 bits per heavy atom. The minimum absolute atomic E-state index is 0.306. The molecule has 0 N–H and O–H groups in total. The van der Waals surface area contributed by atoms with Crippen molar-refractivity contribution in [1.82, 2.24) is 0 Å². The first-order chi connectivity index (χ1) is 4.46. The minimum Gasteiger partial charge on any atom is -0.392 e. The van der Waals surface area contributed by atoms with Crippen molar-refractivity contribution in [3.05, 3.63) is 0 Å². The van der Waals surface area contributed by atoms with E-state index in [2.05, 4.69) is 4.74 Å². The Morgan fingerprint density at radius 3 is 2.00 bits per heavy atom. The minimum atomic E-state index is -0.628. The molecule has 3 heteroatoms. The smallest absolute Gasteiger partial charge is 0.320 e. The maximum Gasteiger partial charge on any atom is 0.320 e. The van der Waals surface area contributed by atoms with Crippen LogP contribution < -0.4 is 0 Å². The number of ether oxygens (including phenoxy) is 1. The Bertz CT molecular complexity index is 193. The Morgan fingerprint density at radius 2 is 1.90 bits per heavy atom. The molecule has 0 spiro atoms. The highest BCUT2D eigenvalue weighted by Crippen LogP contribution is 2.34. The zero-order valence-electron chi connectivity index (χ0n) is 6.30. The third-order valence-electron chi connectivity index (χ3n) is 2.16. The van der Waals surface area contributed by atoms with Crippen LogP contribution >= 0.6 is 0 Å². The quantitative estimate of drug-likeness (QED) is 0.370. The molecule has 0 saturated carbocycles. The van der Waals surface area contributed by atoms with E-state index in [-0.39, 0.29) is 5.92 Å². The molecule has 1 aliphatic rings. The van der Waals surface area contributed by atoms with Crippen molar-refractivity contribution in [3.63, 3.8) is 0 Å². The van der Waals surface area contributed by atoms with E-state index < -0.39 is 17.4 Å². The summed E-state index contributed by atoms with van der Waals surface area (Å²) in [5, 5.41) is 0. The van der Waals surface area contributed by atoms with Gasteiger partial charge in [-0.1, -0.05) is 6.92 Å². The maximum absolute atomic E-state index is 10.9. The summed E-state index contributed by atoms with van der Waals surface area (Å²) in [6, 6.07) is 0. The molecular weight excluding hydrogens is 132 g/mol. The lowest BCUT2D eigenvalue weighted by atomic mass is 9.82. The fraction of sp³-hybridized carbons (Fsp3) is 0.714. The molecule has 0 aliphatic carbocycles. The molecule has 0 unspecified atom stereocenters. The number of carbonyl (C=O) groups is 2. The van der Waals surface area contributed by atoms with Crippen LogP contribution in [0.5, 0.6) is 0 Å². The molecule has 1 heterocycles. The molecule has 0 radical (unpaired) electrons. The second-order valence-electron chi connectivity index (χ2n) is 3.15. The fourth-order valence-electron chi connectivity index (χ4n) is 0.783. The van der Waals surface area contributed by atoms with E-state index in [0.717, 1.165) is 0 Å². The first kappa shape index (κ1) is 7.25. The highest BCUT2D eigenvalue weighted by atomic mass is 16.6. The van der Waals surface area contributed by atoms with Gasteiger partial charge in [-0.05, 0) is 13.8 Å². The molecule has 1 aliphatic heterocycles. The molecule has 10 heavy (non-hydrogen) atoms. The van der Waals surface area contributed by atoms with Crippen LogP contribution in [0.25, 0.3) is 0 Å². The number of hydrogen-bond donors (Lipinski definition) is 0. The molecule has 0 aromatic carbocycles. The molecule has 1 fully saturated rings. The van der Waals surface area contributed by atoms with E-state index in [4.69, 9.17) is 0 Å². The topological polar surface area (TPSA) is 43.4 Å². The van der Waals surface area contributed by atoms with E-state index >= 15 is 0 Å². The maximum atomic E-state index is 10.9. The van der Waals surface area contributed by atoms with Crippen LogP contribution in [0.15, 0.2) is 0 Å². The van der Waals surface area contributed by atoms with Gasteiger partial charge in [0.05, 0.1) is 11.3 Å². The predicted octanol–water partition coefficient (Wildman–Crippen LogP) is 0.732. The van der Waals surface area contributed by atoms with Crippen molar-refractivity contribution in [2.45, 2.75) is 20.8 Å². The normalized spacial score (nSPS) is 30.5. The highest BCUT2D eigenvalue weighted by molar-refractivity contribution is 5.98. The molecule has 3 nitrogen and oxygen atoms in total. The van der Waals surface area contributed by atoms with Gasteiger partial charge < -0.3 is 4.74 Å². The second kappa shape index (κ2) is 1.81. The monoisotopic (exact) mass is 142 g/mol. The number of rotatable bonds is 0. The van der Waals surface area contributed by atoms with Crippen molar-refractivity contribution in [1.29, 1.82) is 0 Å².